The molecule has 1 amide bonds. The van der Waals surface area contributed by atoms with E-state index in [1.165, 1.54) is 6.20 Å². The van der Waals surface area contributed by atoms with Crippen molar-refractivity contribution in [1.29, 1.82) is 0 Å². The summed E-state index contributed by atoms with van der Waals surface area (Å²) >= 11 is 0. The molecule has 0 bridgehead atoms. The number of rotatable bonds is 8. The quantitative estimate of drug-likeness (QED) is 0.0692. The molecule has 16 N–H and O–H groups in total. The predicted octanol–water partition coefficient (Wildman–Crippen LogP) is -8.20. The van der Waals surface area contributed by atoms with Crippen LogP contribution in [0.2, 0.25) is 0 Å². The number of hydrogen-bond donors (Lipinski definition) is 14. The van der Waals surface area contributed by atoms with E-state index >= 15 is 0 Å². The van der Waals surface area contributed by atoms with Crippen molar-refractivity contribution in [3.05, 3.63) is 30.1 Å². The molecule has 1 aromatic heterocycles. The van der Waals surface area contributed by atoms with Gasteiger partial charge in [0, 0.05) is 38.4 Å². The Morgan fingerprint density at radius 3 is 1.54 bits per heavy atom. The first-order chi connectivity index (χ1) is 18.4. The van der Waals surface area contributed by atoms with E-state index in [9.17, 15) is 18.0 Å². The van der Waals surface area contributed by atoms with Crippen molar-refractivity contribution >= 4 is 22.3 Å². The maximum absolute atomic E-state index is 10.4. The van der Waals surface area contributed by atoms with Crippen LogP contribution in [0.1, 0.15) is 10.4 Å². The number of primary amides is 1. The number of hydrogen-bond acceptors (Lipinski definition) is 17. The number of aromatic nitrogens is 1. The second-order valence-corrected chi connectivity index (χ2v) is 9.55. The standard InChI is InChI=1S/C6H6N2O.2C6H12O6.C2H7NO3S.Zn/c7-6(9)5-2-1-3-8-4-5;7-1-2(8)4(10)6(12)5(11)3(1)9;7-1-3(9)5(11)6(12)4(10)2-8;3-1-2-7(4,5)6;/h1-4H,(H2,7,9);1-12H;1,3-6,8-12H,2H2;1-3H2,(H,4,5,6);/t;;3-,4+,5+,6+;;/m..0../s1. The number of aliphatic hydroxyl groups excluding tert-OH is 11. The third-order valence-corrected chi connectivity index (χ3v) is 5.59. The average molecular weight is 673 g/mol. The fourth-order valence-corrected chi connectivity index (χ4v) is 2.79. The largest absolute Gasteiger partial charge is 0.394 e. The Hall–Kier alpha value is -1.66. The van der Waals surface area contributed by atoms with E-state index in [-0.39, 0.29) is 38.1 Å². The van der Waals surface area contributed by atoms with Crippen LogP contribution in [0.25, 0.3) is 0 Å². The van der Waals surface area contributed by atoms with Crippen molar-refractivity contribution in [2.75, 3.05) is 18.9 Å². The second-order valence-electron chi connectivity index (χ2n) is 7.98. The molecule has 19 nitrogen and oxygen atoms in total. The Bertz CT molecular complexity index is 891. The summed E-state index contributed by atoms with van der Waals surface area (Å²) < 4.78 is 27.3. The first-order valence-electron chi connectivity index (χ1n) is 11.1. The fourth-order valence-electron chi connectivity index (χ4n) is 2.49. The van der Waals surface area contributed by atoms with Crippen LogP contribution in [-0.4, -0.2) is 166 Å². The van der Waals surface area contributed by atoms with E-state index in [1.807, 2.05) is 0 Å². The van der Waals surface area contributed by atoms with Crippen LogP contribution in [0.4, 0.5) is 0 Å². The summed E-state index contributed by atoms with van der Waals surface area (Å²) in [6.45, 7) is -0.789. The first-order valence-corrected chi connectivity index (χ1v) is 12.7. The van der Waals surface area contributed by atoms with Crippen molar-refractivity contribution in [2.45, 2.75) is 61.0 Å². The van der Waals surface area contributed by atoms with Crippen molar-refractivity contribution in [2.24, 2.45) is 11.5 Å². The monoisotopic (exact) mass is 671 g/mol. The molecule has 0 unspecified atom stereocenters. The van der Waals surface area contributed by atoms with E-state index in [2.05, 4.69) is 4.98 Å². The number of nitrogens with zero attached hydrogens (tertiary/aromatic N) is 1. The number of carbonyl (C=O) groups is 2. The van der Waals surface area contributed by atoms with Crippen LogP contribution < -0.4 is 11.5 Å². The number of amides is 1. The molecule has 2 rings (SSSR count). The Morgan fingerprint density at radius 2 is 1.34 bits per heavy atom. The van der Waals surface area contributed by atoms with Gasteiger partial charge in [0.1, 0.15) is 61.0 Å². The van der Waals surface area contributed by atoms with Crippen LogP contribution in [-0.2, 0) is 34.4 Å². The van der Waals surface area contributed by atoms with Crippen LogP contribution in [0, 0.1) is 0 Å². The van der Waals surface area contributed by atoms with Crippen LogP contribution in [0.15, 0.2) is 24.5 Å². The Balaban J connectivity index is -0.000000475. The molecule has 0 spiro atoms. The minimum absolute atomic E-state index is 0. The minimum atomic E-state index is -3.80. The topological polar surface area (TPSA) is 376 Å². The van der Waals surface area contributed by atoms with Gasteiger partial charge in [-0.3, -0.25) is 14.3 Å². The number of pyridine rings is 1. The van der Waals surface area contributed by atoms with Crippen molar-refractivity contribution < 1.29 is 98.2 Å². The van der Waals surface area contributed by atoms with Gasteiger partial charge in [0.2, 0.25) is 5.91 Å². The zero-order chi connectivity index (χ0) is 31.8. The summed E-state index contributed by atoms with van der Waals surface area (Å²) in [7, 11) is -3.80. The smallest absolute Gasteiger partial charge is 0.266 e. The molecule has 0 aliphatic heterocycles. The molecule has 1 heterocycles. The second kappa shape index (κ2) is 22.0. The molecule has 1 aliphatic carbocycles. The van der Waals surface area contributed by atoms with E-state index in [0.29, 0.717) is 5.56 Å². The molecular formula is C20H37N3O16SZn. The van der Waals surface area contributed by atoms with Gasteiger partial charge in [0.05, 0.1) is 17.9 Å². The van der Waals surface area contributed by atoms with Gasteiger partial charge in [0.25, 0.3) is 10.1 Å². The third-order valence-electron chi connectivity index (χ3n) is 4.84. The fraction of sp³-hybridized carbons (Fsp3) is 0.650. The van der Waals surface area contributed by atoms with E-state index in [4.69, 9.17) is 72.2 Å². The molecule has 1 aliphatic rings. The predicted molar refractivity (Wildman–Crippen MR) is 131 cm³/mol. The summed E-state index contributed by atoms with van der Waals surface area (Å²) in [5, 5.41) is 97.4. The Morgan fingerprint density at radius 1 is 0.927 bits per heavy atom. The molecule has 4 atom stereocenters. The maximum atomic E-state index is 10.4. The van der Waals surface area contributed by atoms with Crippen LogP contribution >= 0.6 is 0 Å². The summed E-state index contributed by atoms with van der Waals surface area (Å²) in [6.07, 6.45) is -13.7. The van der Waals surface area contributed by atoms with Gasteiger partial charge in [-0.2, -0.15) is 8.42 Å². The van der Waals surface area contributed by atoms with Crippen LogP contribution in [0.5, 0.6) is 0 Å². The van der Waals surface area contributed by atoms with Gasteiger partial charge in [-0.1, -0.05) is 0 Å². The number of nitrogens with two attached hydrogens (primary N) is 2. The molecule has 1 saturated carbocycles. The maximum Gasteiger partial charge on any atom is 0.266 e. The normalized spacial score (nSPS) is 26.4. The van der Waals surface area contributed by atoms with Gasteiger partial charge in [0.15, 0.2) is 6.29 Å². The van der Waals surface area contributed by atoms with Gasteiger partial charge >= 0.3 is 0 Å². The molecule has 0 aromatic carbocycles. The molecule has 0 saturated heterocycles. The third kappa shape index (κ3) is 17.1. The first kappa shape index (κ1) is 43.8. The number of aldehydes is 1. The van der Waals surface area contributed by atoms with Gasteiger partial charge in [-0.15, -0.1) is 0 Å². The van der Waals surface area contributed by atoms with Gasteiger partial charge < -0.3 is 72.4 Å². The zero-order valence-corrected chi connectivity index (χ0v) is 25.3. The molecule has 1 aromatic rings. The van der Waals surface area contributed by atoms with Crippen molar-refractivity contribution in [3.8, 4) is 0 Å². The summed E-state index contributed by atoms with van der Waals surface area (Å²) in [5.74, 6) is -0.796. The molecule has 41 heavy (non-hydrogen) atoms. The van der Waals surface area contributed by atoms with Crippen LogP contribution in [0.3, 0.4) is 0 Å². The molecule has 0 radical (unpaired) electrons. The average Bonchev–Trinajstić information content (AvgIpc) is 2.93. The minimum Gasteiger partial charge on any atom is -0.394 e. The van der Waals surface area contributed by atoms with E-state index < -0.39 is 83.7 Å². The van der Waals surface area contributed by atoms with Gasteiger partial charge in [-0.25, -0.2) is 0 Å². The SMILES string of the molecule is NC(=O)c1cccnc1.NCCS(=O)(=O)O.O=C[C@H](O)[C@@H](O)[C@H](O)[C@H](O)CO.OC1C(O)C(O)C(O)C(O)C1O.[Zn]. The van der Waals surface area contributed by atoms with Crippen molar-refractivity contribution in [3.63, 3.8) is 0 Å². The molecule has 1 fully saturated rings. The molecule has 21 heteroatoms. The number of carbonyl (C=O) groups excluding carboxylic acids is 2. The Labute approximate surface area is 246 Å². The molecule has 236 valence electrons. The van der Waals surface area contributed by atoms with Gasteiger partial charge in [-0.05, 0) is 12.1 Å². The zero-order valence-electron chi connectivity index (χ0n) is 21.5. The van der Waals surface area contributed by atoms with Crippen molar-refractivity contribution in [1.82, 2.24) is 4.98 Å². The van der Waals surface area contributed by atoms with E-state index in [0.717, 1.165) is 0 Å². The summed E-state index contributed by atoms with van der Waals surface area (Å²) in [6, 6.07) is 3.29. The summed E-state index contributed by atoms with van der Waals surface area (Å²) in [4.78, 5) is 24.0. The Kier molecular flexibility index (Phi) is 23.5. The number of aliphatic hydroxyl groups is 11. The van der Waals surface area contributed by atoms with E-state index in [1.54, 1.807) is 18.3 Å². The summed E-state index contributed by atoms with van der Waals surface area (Å²) in [5.41, 5.74) is 10.2. The molecular weight excluding hydrogens is 636 g/mol.